The van der Waals surface area contributed by atoms with Crippen molar-refractivity contribution in [2.45, 2.75) is 45.3 Å². The van der Waals surface area contributed by atoms with Gasteiger partial charge in [-0.1, -0.05) is 24.3 Å². The molecule has 0 saturated heterocycles. The molecule has 0 radical (unpaired) electrons. The molecule has 3 N–H and O–H groups in total. The summed E-state index contributed by atoms with van der Waals surface area (Å²) in [6, 6.07) is 13.5. The molecule has 0 heterocycles. The molecule has 0 atom stereocenters. The van der Waals surface area contributed by atoms with Crippen LogP contribution in [-0.2, 0) is 27.2 Å². The smallest absolute Gasteiger partial charge is 0.408 e. The van der Waals surface area contributed by atoms with Crippen LogP contribution in [0.3, 0.4) is 0 Å². The first-order chi connectivity index (χ1) is 16.6. The van der Waals surface area contributed by atoms with E-state index in [-0.39, 0.29) is 13.1 Å². The highest BCUT2D eigenvalue weighted by molar-refractivity contribution is 6.06. The molecule has 0 aliphatic heterocycles. The fourth-order valence-electron chi connectivity index (χ4n) is 3.12. The number of carbonyl (C=O) groups is 3. The molecule has 35 heavy (non-hydrogen) atoms. The Hall–Kier alpha value is -3.75. The third-order valence-corrected chi connectivity index (χ3v) is 4.93. The first-order valence-corrected chi connectivity index (χ1v) is 11.4. The van der Waals surface area contributed by atoms with E-state index in [9.17, 15) is 14.4 Å². The molecule has 0 saturated carbocycles. The molecule has 0 aliphatic carbocycles. The number of hydrogen-bond donors (Lipinski definition) is 3. The fourth-order valence-corrected chi connectivity index (χ4v) is 3.12. The Bertz CT molecular complexity index is 903. The number of methoxy groups -OCH3 is 2. The summed E-state index contributed by atoms with van der Waals surface area (Å²) in [6.45, 7) is 5.68. The van der Waals surface area contributed by atoms with Gasteiger partial charge in [0.25, 0.3) is 11.8 Å². The monoisotopic (exact) mass is 485 g/mol. The zero-order chi connectivity index (χ0) is 25.8. The van der Waals surface area contributed by atoms with Crippen LogP contribution < -0.4 is 25.4 Å². The zero-order valence-electron chi connectivity index (χ0n) is 21.0. The van der Waals surface area contributed by atoms with Crippen molar-refractivity contribution in [2.24, 2.45) is 0 Å². The summed E-state index contributed by atoms with van der Waals surface area (Å²) >= 11 is 0. The maximum Gasteiger partial charge on any atom is 0.408 e. The molecule has 0 bridgehead atoms. The fraction of sp³-hybridized carbons (Fsp3) is 0.423. The number of hydrogen-bond acceptors (Lipinski definition) is 6. The van der Waals surface area contributed by atoms with Crippen molar-refractivity contribution in [3.8, 4) is 11.5 Å². The van der Waals surface area contributed by atoms with Gasteiger partial charge in [-0.3, -0.25) is 9.59 Å². The largest absolute Gasteiger partial charge is 0.497 e. The van der Waals surface area contributed by atoms with Crippen LogP contribution in [0.1, 0.15) is 31.9 Å². The minimum atomic E-state index is -1.43. The lowest BCUT2D eigenvalue weighted by Crippen LogP contribution is -2.56. The van der Waals surface area contributed by atoms with Crippen LogP contribution >= 0.6 is 0 Å². The van der Waals surface area contributed by atoms with Crippen molar-refractivity contribution >= 4 is 17.9 Å². The highest BCUT2D eigenvalue weighted by atomic mass is 16.6. The molecule has 9 heteroatoms. The van der Waals surface area contributed by atoms with Gasteiger partial charge in [0, 0.05) is 13.1 Å². The summed E-state index contributed by atoms with van der Waals surface area (Å²) in [5.41, 5.74) is 1.21. The normalized spacial score (nSPS) is 10.9. The molecule has 0 aliphatic rings. The maximum absolute atomic E-state index is 12.8. The predicted molar refractivity (Wildman–Crippen MR) is 133 cm³/mol. The van der Waals surface area contributed by atoms with Gasteiger partial charge in [-0.15, -0.1) is 0 Å². The second-order valence-electron chi connectivity index (χ2n) is 8.86. The third-order valence-electron chi connectivity index (χ3n) is 4.93. The molecule has 190 valence electrons. The second-order valence-corrected chi connectivity index (χ2v) is 8.86. The van der Waals surface area contributed by atoms with Crippen LogP contribution in [0.25, 0.3) is 0 Å². The average molecular weight is 486 g/mol. The zero-order valence-corrected chi connectivity index (χ0v) is 21.0. The molecule has 0 spiro atoms. The van der Waals surface area contributed by atoms with Gasteiger partial charge in [-0.05, 0) is 69.0 Å². The third kappa shape index (κ3) is 9.95. The lowest BCUT2D eigenvalue weighted by Gasteiger charge is -2.23. The van der Waals surface area contributed by atoms with Crippen LogP contribution in [0, 0.1) is 0 Å². The summed E-state index contributed by atoms with van der Waals surface area (Å²) in [6.07, 6.45) is 0.250. The van der Waals surface area contributed by atoms with Gasteiger partial charge in [0.05, 0.1) is 14.2 Å². The summed E-state index contributed by atoms with van der Waals surface area (Å²) < 4.78 is 15.5. The lowest BCUT2D eigenvalue weighted by atomic mass is 10.1. The van der Waals surface area contributed by atoms with Gasteiger partial charge in [-0.2, -0.15) is 0 Å². The van der Waals surface area contributed by atoms with Crippen molar-refractivity contribution in [3.05, 3.63) is 59.7 Å². The highest BCUT2D eigenvalue weighted by Crippen LogP contribution is 2.12. The minimum absolute atomic E-state index is 0.288. The number of alkyl carbamates (subject to hydrolysis) is 1. The molecule has 0 aromatic heterocycles. The SMILES string of the molecule is COc1ccc(CCNC(=O)C(NC(=O)OC(C)(C)C)C(=O)NCCc2ccc(OC)cc2)cc1. The van der Waals surface area contributed by atoms with Crippen LogP contribution in [0.2, 0.25) is 0 Å². The van der Waals surface area contributed by atoms with E-state index in [0.717, 1.165) is 22.6 Å². The van der Waals surface area contributed by atoms with Gasteiger partial charge in [0.15, 0.2) is 6.04 Å². The standard InChI is InChI=1S/C26H35N3O6/c1-26(2,3)35-25(32)29-22(23(30)27-16-14-18-6-10-20(33-4)11-7-18)24(31)28-17-15-19-8-12-21(34-5)13-9-19/h6-13,22H,14-17H2,1-5H3,(H,27,30)(H,28,31)(H,29,32). The van der Waals surface area contributed by atoms with E-state index >= 15 is 0 Å². The van der Waals surface area contributed by atoms with Crippen molar-refractivity contribution in [3.63, 3.8) is 0 Å². The summed E-state index contributed by atoms with van der Waals surface area (Å²) in [4.78, 5) is 37.9. The minimum Gasteiger partial charge on any atom is -0.497 e. The second kappa shape index (κ2) is 13.2. The van der Waals surface area contributed by atoms with E-state index < -0.39 is 29.6 Å². The van der Waals surface area contributed by atoms with Crippen LogP contribution in [0.5, 0.6) is 11.5 Å². The number of amides is 3. The van der Waals surface area contributed by atoms with Crippen molar-refractivity contribution in [1.29, 1.82) is 0 Å². The Morgan fingerprint density at radius 3 is 1.49 bits per heavy atom. The van der Waals surface area contributed by atoms with E-state index in [1.165, 1.54) is 0 Å². The predicted octanol–water partition coefficient (Wildman–Crippen LogP) is 2.61. The quantitative estimate of drug-likeness (QED) is 0.422. The molecule has 0 unspecified atom stereocenters. The molecular weight excluding hydrogens is 450 g/mol. The van der Waals surface area contributed by atoms with Crippen LogP contribution in [-0.4, -0.2) is 56.9 Å². The first kappa shape index (κ1) is 27.5. The van der Waals surface area contributed by atoms with Gasteiger partial charge < -0.3 is 30.2 Å². The van der Waals surface area contributed by atoms with Crippen LogP contribution in [0.4, 0.5) is 4.79 Å². The van der Waals surface area contributed by atoms with E-state index in [1.807, 2.05) is 48.5 Å². The Kier molecular flexibility index (Phi) is 10.4. The maximum atomic E-state index is 12.8. The first-order valence-electron chi connectivity index (χ1n) is 11.4. The number of carbonyl (C=O) groups excluding carboxylic acids is 3. The molecular formula is C26H35N3O6. The highest BCUT2D eigenvalue weighted by Gasteiger charge is 2.30. The number of benzene rings is 2. The average Bonchev–Trinajstić information content (AvgIpc) is 2.82. The molecule has 9 nitrogen and oxygen atoms in total. The van der Waals surface area contributed by atoms with E-state index in [2.05, 4.69) is 16.0 Å². The summed E-state index contributed by atoms with van der Waals surface area (Å²) in [7, 11) is 3.18. The summed E-state index contributed by atoms with van der Waals surface area (Å²) in [5, 5.41) is 7.81. The van der Waals surface area contributed by atoms with Crippen molar-refractivity contribution < 1.29 is 28.6 Å². The van der Waals surface area contributed by atoms with E-state index in [1.54, 1.807) is 35.0 Å². The van der Waals surface area contributed by atoms with E-state index in [0.29, 0.717) is 12.8 Å². The molecule has 3 amide bonds. The van der Waals surface area contributed by atoms with Crippen molar-refractivity contribution in [2.75, 3.05) is 27.3 Å². The van der Waals surface area contributed by atoms with Gasteiger partial charge in [-0.25, -0.2) is 4.79 Å². The van der Waals surface area contributed by atoms with Crippen LogP contribution in [0.15, 0.2) is 48.5 Å². The van der Waals surface area contributed by atoms with Gasteiger partial charge in [0.1, 0.15) is 17.1 Å². The lowest BCUT2D eigenvalue weighted by molar-refractivity contribution is -0.132. The molecule has 2 aromatic carbocycles. The summed E-state index contributed by atoms with van der Waals surface area (Å²) in [5.74, 6) is 0.245. The van der Waals surface area contributed by atoms with Gasteiger partial charge >= 0.3 is 6.09 Å². The molecule has 2 rings (SSSR count). The Labute approximate surface area is 206 Å². The number of rotatable bonds is 11. The molecule has 0 fully saturated rings. The van der Waals surface area contributed by atoms with E-state index in [4.69, 9.17) is 14.2 Å². The Morgan fingerprint density at radius 1 is 0.743 bits per heavy atom. The number of nitrogens with one attached hydrogen (secondary N) is 3. The number of ether oxygens (including phenoxy) is 3. The Morgan fingerprint density at radius 2 is 1.14 bits per heavy atom. The molecule has 2 aromatic rings. The Balaban J connectivity index is 1.95. The topological polar surface area (TPSA) is 115 Å². The van der Waals surface area contributed by atoms with Gasteiger partial charge in [0.2, 0.25) is 0 Å². The van der Waals surface area contributed by atoms with Crippen molar-refractivity contribution in [1.82, 2.24) is 16.0 Å².